The molecule has 1 N–H and O–H groups in total. The van der Waals surface area contributed by atoms with Crippen LogP contribution in [0.15, 0.2) is 67.0 Å². The van der Waals surface area contributed by atoms with E-state index in [1.54, 1.807) is 7.11 Å². The Labute approximate surface area is 178 Å². The van der Waals surface area contributed by atoms with Crippen molar-refractivity contribution < 1.29 is 9.53 Å². The molecular formula is C24H30N4O2. The minimum Gasteiger partial charge on any atom is -0.497 e. The van der Waals surface area contributed by atoms with Crippen LogP contribution in [0.1, 0.15) is 31.0 Å². The number of para-hydroxylation sites is 1. The summed E-state index contributed by atoms with van der Waals surface area (Å²) in [5, 5.41) is 7.60. The molecule has 1 atom stereocenters. The zero-order valence-corrected chi connectivity index (χ0v) is 18.1. The highest BCUT2D eigenvalue weighted by atomic mass is 16.5. The first kappa shape index (κ1) is 21.6. The van der Waals surface area contributed by atoms with Crippen LogP contribution in [0, 0.1) is 5.92 Å². The van der Waals surface area contributed by atoms with E-state index in [0.29, 0.717) is 13.1 Å². The standard InChI is InChI=1S/C24H30N4O2/c1-18(2)24(20-10-12-22(30-4)13-11-20)26-23(29)17-27(3)15-19-14-25-28(16-19)21-8-6-5-7-9-21/h5-14,16,18,24H,15,17H2,1-4H3,(H,26,29). The summed E-state index contributed by atoms with van der Waals surface area (Å²) in [5.41, 5.74) is 3.15. The summed E-state index contributed by atoms with van der Waals surface area (Å²) in [6.07, 6.45) is 3.84. The number of rotatable bonds is 9. The number of amides is 1. The fourth-order valence-corrected chi connectivity index (χ4v) is 3.44. The molecule has 0 spiro atoms. The molecule has 1 heterocycles. The molecule has 158 valence electrons. The van der Waals surface area contributed by atoms with Gasteiger partial charge in [-0.2, -0.15) is 5.10 Å². The van der Waals surface area contributed by atoms with Crippen molar-refractivity contribution in [1.82, 2.24) is 20.0 Å². The third kappa shape index (κ3) is 5.70. The van der Waals surface area contributed by atoms with Gasteiger partial charge in [0.25, 0.3) is 0 Å². The number of nitrogens with zero attached hydrogens (tertiary/aromatic N) is 3. The lowest BCUT2D eigenvalue weighted by Crippen LogP contribution is -2.38. The number of hydrogen-bond acceptors (Lipinski definition) is 4. The minimum absolute atomic E-state index is 0.00229. The SMILES string of the molecule is COc1ccc(C(NC(=O)CN(C)Cc2cnn(-c3ccccc3)c2)C(C)C)cc1. The van der Waals surface area contributed by atoms with Gasteiger partial charge in [-0.15, -0.1) is 0 Å². The number of benzene rings is 2. The molecule has 0 saturated heterocycles. The van der Waals surface area contributed by atoms with E-state index < -0.39 is 0 Å². The Hall–Kier alpha value is -3.12. The van der Waals surface area contributed by atoms with Gasteiger partial charge in [0.1, 0.15) is 5.75 Å². The van der Waals surface area contributed by atoms with Gasteiger partial charge in [-0.1, -0.05) is 44.2 Å². The molecule has 0 aliphatic carbocycles. The number of methoxy groups -OCH3 is 1. The highest BCUT2D eigenvalue weighted by molar-refractivity contribution is 5.78. The molecule has 0 saturated carbocycles. The Morgan fingerprint density at radius 3 is 2.47 bits per heavy atom. The van der Waals surface area contributed by atoms with Gasteiger partial charge in [0, 0.05) is 18.3 Å². The Kier molecular flexibility index (Phi) is 7.25. The molecule has 0 fully saturated rings. The normalized spacial score (nSPS) is 12.2. The molecule has 2 aromatic carbocycles. The van der Waals surface area contributed by atoms with E-state index in [-0.39, 0.29) is 17.9 Å². The van der Waals surface area contributed by atoms with E-state index in [9.17, 15) is 4.79 Å². The monoisotopic (exact) mass is 406 g/mol. The van der Waals surface area contributed by atoms with Gasteiger partial charge < -0.3 is 10.1 Å². The number of likely N-dealkylation sites (N-methyl/N-ethyl adjacent to an activating group) is 1. The lowest BCUT2D eigenvalue weighted by atomic mass is 9.96. The topological polar surface area (TPSA) is 59.4 Å². The Balaban J connectivity index is 1.57. The van der Waals surface area contributed by atoms with Crippen molar-refractivity contribution in [3.63, 3.8) is 0 Å². The second-order valence-electron chi connectivity index (χ2n) is 7.86. The van der Waals surface area contributed by atoms with Gasteiger partial charge in [0.05, 0.1) is 31.6 Å². The molecule has 0 bridgehead atoms. The van der Waals surface area contributed by atoms with E-state index >= 15 is 0 Å². The molecular weight excluding hydrogens is 376 g/mol. The number of carbonyl (C=O) groups excluding carboxylic acids is 1. The highest BCUT2D eigenvalue weighted by Gasteiger charge is 2.19. The molecule has 6 heteroatoms. The molecule has 0 radical (unpaired) electrons. The zero-order valence-electron chi connectivity index (χ0n) is 18.1. The molecule has 1 aromatic heterocycles. The number of aromatic nitrogens is 2. The van der Waals surface area contributed by atoms with Crippen molar-refractivity contribution in [3.05, 3.63) is 78.1 Å². The van der Waals surface area contributed by atoms with Crippen LogP contribution in [0.3, 0.4) is 0 Å². The third-order valence-electron chi connectivity index (χ3n) is 4.98. The van der Waals surface area contributed by atoms with Crippen molar-refractivity contribution in [1.29, 1.82) is 0 Å². The smallest absolute Gasteiger partial charge is 0.234 e. The van der Waals surface area contributed by atoms with Crippen LogP contribution in [-0.4, -0.2) is 41.3 Å². The second kappa shape index (κ2) is 10.1. The summed E-state index contributed by atoms with van der Waals surface area (Å²) < 4.78 is 7.08. The van der Waals surface area contributed by atoms with Gasteiger partial charge in [0.15, 0.2) is 0 Å². The van der Waals surface area contributed by atoms with Crippen LogP contribution < -0.4 is 10.1 Å². The maximum absolute atomic E-state index is 12.7. The first-order valence-corrected chi connectivity index (χ1v) is 10.2. The lowest BCUT2D eigenvalue weighted by molar-refractivity contribution is -0.123. The molecule has 0 aliphatic rings. The maximum atomic E-state index is 12.7. The number of carbonyl (C=O) groups is 1. The van der Waals surface area contributed by atoms with E-state index in [1.165, 1.54) is 0 Å². The van der Waals surface area contributed by atoms with E-state index in [2.05, 4.69) is 24.3 Å². The van der Waals surface area contributed by atoms with Crippen LogP contribution in [0.5, 0.6) is 5.75 Å². The summed E-state index contributed by atoms with van der Waals surface area (Å²) >= 11 is 0. The van der Waals surface area contributed by atoms with E-state index in [4.69, 9.17) is 4.74 Å². The van der Waals surface area contributed by atoms with Crippen LogP contribution in [0.4, 0.5) is 0 Å². The van der Waals surface area contributed by atoms with Crippen molar-refractivity contribution in [3.8, 4) is 11.4 Å². The summed E-state index contributed by atoms with van der Waals surface area (Å²) in [7, 11) is 3.59. The van der Waals surface area contributed by atoms with E-state index in [0.717, 1.165) is 22.6 Å². The van der Waals surface area contributed by atoms with Crippen molar-refractivity contribution >= 4 is 5.91 Å². The first-order chi connectivity index (χ1) is 14.5. The third-order valence-corrected chi connectivity index (χ3v) is 4.98. The minimum atomic E-state index is -0.0439. The molecule has 1 amide bonds. The van der Waals surface area contributed by atoms with Crippen LogP contribution in [0.2, 0.25) is 0 Å². The van der Waals surface area contributed by atoms with Gasteiger partial charge >= 0.3 is 0 Å². The summed E-state index contributed by atoms with van der Waals surface area (Å²) in [5.74, 6) is 1.09. The van der Waals surface area contributed by atoms with Gasteiger partial charge in [-0.05, 0) is 42.8 Å². The zero-order chi connectivity index (χ0) is 21.5. The summed E-state index contributed by atoms with van der Waals surface area (Å²) in [6.45, 7) is 5.18. The van der Waals surface area contributed by atoms with E-state index in [1.807, 2.05) is 83.6 Å². The van der Waals surface area contributed by atoms with Crippen molar-refractivity contribution in [2.24, 2.45) is 5.92 Å². The van der Waals surface area contributed by atoms with Crippen LogP contribution >= 0.6 is 0 Å². The molecule has 0 aliphatic heterocycles. The predicted octanol–water partition coefficient (Wildman–Crippen LogP) is 3.83. The average Bonchev–Trinajstić information content (AvgIpc) is 3.21. The Morgan fingerprint density at radius 2 is 1.83 bits per heavy atom. The van der Waals surface area contributed by atoms with Crippen molar-refractivity contribution in [2.45, 2.75) is 26.4 Å². The van der Waals surface area contributed by atoms with Crippen LogP contribution in [0.25, 0.3) is 5.69 Å². The van der Waals surface area contributed by atoms with Gasteiger partial charge in [-0.3, -0.25) is 9.69 Å². The molecule has 30 heavy (non-hydrogen) atoms. The lowest BCUT2D eigenvalue weighted by Gasteiger charge is -2.24. The molecule has 1 unspecified atom stereocenters. The highest BCUT2D eigenvalue weighted by Crippen LogP contribution is 2.24. The molecule has 3 rings (SSSR count). The fraction of sp³-hybridized carbons (Fsp3) is 0.333. The molecule has 6 nitrogen and oxygen atoms in total. The van der Waals surface area contributed by atoms with Gasteiger partial charge in [-0.25, -0.2) is 4.68 Å². The second-order valence-corrected chi connectivity index (χ2v) is 7.86. The predicted molar refractivity (Wildman–Crippen MR) is 119 cm³/mol. The number of hydrogen-bond donors (Lipinski definition) is 1. The fourth-order valence-electron chi connectivity index (χ4n) is 3.44. The summed E-state index contributed by atoms with van der Waals surface area (Å²) in [4.78, 5) is 14.7. The van der Waals surface area contributed by atoms with Crippen molar-refractivity contribution in [2.75, 3.05) is 20.7 Å². The largest absolute Gasteiger partial charge is 0.497 e. The Morgan fingerprint density at radius 1 is 1.13 bits per heavy atom. The summed E-state index contributed by atoms with van der Waals surface area (Å²) in [6, 6.07) is 17.8. The first-order valence-electron chi connectivity index (χ1n) is 10.2. The quantitative estimate of drug-likeness (QED) is 0.587. The number of ether oxygens (including phenoxy) is 1. The van der Waals surface area contributed by atoms with Crippen LogP contribution in [-0.2, 0) is 11.3 Å². The molecule has 3 aromatic rings. The number of nitrogens with one attached hydrogen (secondary N) is 1. The maximum Gasteiger partial charge on any atom is 0.234 e. The van der Waals surface area contributed by atoms with Gasteiger partial charge in [0.2, 0.25) is 5.91 Å². The Bertz CT molecular complexity index is 935. The average molecular weight is 407 g/mol.